The molecule has 1 aliphatic rings. The van der Waals surface area contributed by atoms with E-state index in [1.165, 1.54) is 6.42 Å². The van der Waals surface area contributed by atoms with E-state index in [1.54, 1.807) is 0 Å². The molecule has 2 rings (SSSR count). The van der Waals surface area contributed by atoms with Gasteiger partial charge in [0.25, 0.3) is 0 Å². The number of amides is 1. The standard InChI is InChI=1S/C16H23BrN2O/c1-3-12-8-9-18-15(10-12)16(20)19-11(2)13-4-6-14(17)7-5-13/h4-7,11-12,15,18H,3,8-10H2,1-2H3,(H,19,20)/t11-,12?,15?/m0/s1. The highest BCUT2D eigenvalue weighted by Crippen LogP contribution is 2.21. The molecule has 1 saturated heterocycles. The van der Waals surface area contributed by atoms with Gasteiger partial charge in [-0.15, -0.1) is 0 Å². The van der Waals surface area contributed by atoms with Crippen LogP contribution in [-0.2, 0) is 4.79 Å². The number of hydrogen-bond donors (Lipinski definition) is 2. The van der Waals surface area contributed by atoms with Crippen LogP contribution in [-0.4, -0.2) is 18.5 Å². The summed E-state index contributed by atoms with van der Waals surface area (Å²) in [4.78, 5) is 12.3. The molecule has 1 amide bonds. The molecular weight excluding hydrogens is 316 g/mol. The predicted octanol–water partition coefficient (Wildman–Crippen LogP) is 3.40. The minimum atomic E-state index is -0.0356. The molecule has 1 heterocycles. The predicted molar refractivity (Wildman–Crippen MR) is 85.5 cm³/mol. The fraction of sp³-hybridized carbons (Fsp3) is 0.562. The Hall–Kier alpha value is -0.870. The Labute approximate surface area is 129 Å². The van der Waals surface area contributed by atoms with Crippen LogP contribution in [0.3, 0.4) is 0 Å². The zero-order valence-electron chi connectivity index (χ0n) is 12.2. The highest BCUT2D eigenvalue weighted by molar-refractivity contribution is 9.10. The van der Waals surface area contributed by atoms with Crippen LogP contribution in [0.4, 0.5) is 0 Å². The molecule has 20 heavy (non-hydrogen) atoms. The van der Waals surface area contributed by atoms with Gasteiger partial charge >= 0.3 is 0 Å². The van der Waals surface area contributed by atoms with E-state index >= 15 is 0 Å². The topological polar surface area (TPSA) is 41.1 Å². The molecule has 1 fully saturated rings. The molecule has 0 aliphatic carbocycles. The van der Waals surface area contributed by atoms with Crippen molar-refractivity contribution in [3.05, 3.63) is 34.3 Å². The summed E-state index contributed by atoms with van der Waals surface area (Å²) in [5.74, 6) is 0.800. The fourth-order valence-electron chi connectivity index (χ4n) is 2.72. The van der Waals surface area contributed by atoms with Gasteiger partial charge in [-0.2, -0.15) is 0 Å². The first-order chi connectivity index (χ1) is 9.60. The Morgan fingerprint density at radius 2 is 2.15 bits per heavy atom. The molecule has 2 unspecified atom stereocenters. The van der Waals surface area contributed by atoms with Gasteiger partial charge < -0.3 is 10.6 Å². The second-order valence-electron chi connectivity index (χ2n) is 5.59. The lowest BCUT2D eigenvalue weighted by molar-refractivity contribution is -0.124. The Balaban J connectivity index is 1.91. The summed E-state index contributed by atoms with van der Waals surface area (Å²) in [6, 6.07) is 8.09. The van der Waals surface area contributed by atoms with Gasteiger partial charge in [0.2, 0.25) is 5.91 Å². The van der Waals surface area contributed by atoms with Gasteiger partial charge in [-0.1, -0.05) is 41.4 Å². The molecule has 1 aliphatic heterocycles. The monoisotopic (exact) mass is 338 g/mol. The Morgan fingerprint density at radius 3 is 2.80 bits per heavy atom. The van der Waals surface area contributed by atoms with E-state index in [0.29, 0.717) is 5.92 Å². The summed E-state index contributed by atoms with van der Waals surface area (Å²) in [6.07, 6.45) is 3.30. The normalized spacial score (nSPS) is 24.1. The van der Waals surface area contributed by atoms with E-state index in [1.807, 2.05) is 31.2 Å². The van der Waals surface area contributed by atoms with Gasteiger partial charge in [0.1, 0.15) is 0 Å². The van der Waals surface area contributed by atoms with Crippen LogP contribution in [0.5, 0.6) is 0 Å². The maximum atomic E-state index is 12.3. The number of carbonyl (C=O) groups excluding carboxylic acids is 1. The van der Waals surface area contributed by atoms with E-state index < -0.39 is 0 Å². The molecule has 0 saturated carbocycles. The lowest BCUT2D eigenvalue weighted by Gasteiger charge is -2.29. The van der Waals surface area contributed by atoms with Crippen molar-refractivity contribution in [3.8, 4) is 0 Å². The first-order valence-corrected chi connectivity index (χ1v) is 8.18. The highest BCUT2D eigenvalue weighted by Gasteiger charge is 2.26. The van der Waals surface area contributed by atoms with Gasteiger partial charge in [-0.3, -0.25) is 4.79 Å². The van der Waals surface area contributed by atoms with Crippen LogP contribution >= 0.6 is 15.9 Å². The lowest BCUT2D eigenvalue weighted by Crippen LogP contribution is -2.49. The third-order valence-corrected chi connectivity index (χ3v) is 4.66. The van der Waals surface area contributed by atoms with Crippen molar-refractivity contribution in [1.29, 1.82) is 0 Å². The minimum absolute atomic E-state index is 0.0356. The second-order valence-corrected chi connectivity index (χ2v) is 6.50. The van der Waals surface area contributed by atoms with Crippen LogP contribution in [0.1, 0.15) is 44.7 Å². The average Bonchev–Trinajstić information content (AvgIpc) is 2.47. The first kappa shape index (κ1) is 15.5. The highest BCUT2D eigenvalue weighted by atomic mass is 79.9. The summed E-state index contributed by atoms with van der Waals surface area (Å²) in [6.45, 7) is 5.18. The largest absolute Gasteiger partial charge is 0.348 e. The van der Waals surface area contributed by atoms with Gasteiger partial charge in [-0.25, -0.2) is 0 Å². The van der Waals surface area contributed by atoms with E-state index in [4.69, 9.17) is 0 Å². The van der Waals surface area contributed by atoms with Crippen molar-refractivity contribution in [2.24, 2.45) is 5.92 Å². The van der Waals surface area contributed by atoms with Crippen molar-refractivity contribution < 1.29 is 4.79 Å². The number of piperidine rings is 1. The summed E-state index contributed by atoms with van der Waals surface area (Å²) < 4.78 is 1.06. The van der Waals surface area contributed by atoms with Crippen molar-refractivity contribution in [3.63, 3.8) is 0 Å². The smallest absolute Gasteiger partial charge is 0.237 e. The SMILES string of the molecule is CCC1CCNC(C(=O)N[C@@H](C)c2ccc(Br)cc2)C1. The molecule has 3 nitrogen and oxygen atoms in total. The van der Waals surface area contributed by atoms with Crippen LogP contribution in [0.15, 0.2) is 28.7 Å². The summed E-state index contributed by atoms with van der Waals surface area (Å²) >= 11 is 3.43. The zero-order chi connectivity index (χ0) is 14.5. The molecule has 0 bridgehead atoms. The first-order valence-electron chi connectivity index (χ1n) is 7.39. The lowest BCUT2D eigenvalue weighted by atomic mass is 9.90. The molecule has 2 N–H and O–H groups in total. The van der Waals surface area contributed by atoms with Crippen molar-refractivity contribution in [1.82, 2.24) is 10.6 Å². The summed E-state index contributed by atoms with van der Waals surface area (Å²) in [7, 11) is 0. The third kappa shape index (κ3) is 4.06. The Kier molecular flexibility index (Phi) is 5.61. The maximum absolute atomic E-state index is 12.3. The third-order valence-electron chi connectivity index (χ3n) is 4.13. The molecule has 0 aromatic heterocycles. The molecule has 0 spiro atoms. The van der Waals surface area contributed by atoms with Gasteiger partial charge in [0.15, 0.2) is 0 Å². The van der Waals surface area contributed by atoms with Crippen molar-refractivity contribution >= 4 is 21.8 Å². The number of rotatable bonds is 4. The average molecular weight is 339 g/mol. The molecule has 110 valence electrons. The molecule has 4 heteroatoms. The Morgan fingerprint density at radius 1 is 1.45 bits per heavy atom. The molecular formula is C16H23BrN2O. The van der Waals surface area contributed by atoms with Gasteiger partial charge in [0, 0.05) is 4.47 Å². The van der Waals surface area contributed by atoms with E-state index in [0.717, 1.165) is 29.4 Å². The number of hydrogen-bond acceptors (Lipinski definition) is 2. The summed E-state index contributed by atoms with van der Waals surface area (Å²) in [5.41, 5.74) is 1.13. The van der Waals surface area contributed by atoms with Crippen molar-refractivity contribution in [2.75, 3.05) is 6.54 Å². The quantitative estimate of drug-likeness (QED) is 0.883. The Bertz CT molecular complexity index is 446. The van der Waals surface area contributed by atoms with Gasteiger partial charge in [0.05, 0.1) is 12.1 Å². The minimum Gasteiger partial charge on any atom is -0.348 e. The number of halogens is 1. The summed E-state index contributed by atoms with van der Waals surface area (Å²) in [5, 5.41) is 6.44. The zero-order valence-corrected chi connectivity index (χ0v) is 13.7. The number of carbonyl (C=O) groups is 1. The van der Waals surface area contributed by atoms with E-state index in [9.17, 15) is 4.79 Å². The fourth-order valence-corrected chi connectivity index (χ4v) is 2.98. The van der Waals surface area contributed by atoms with Crippen LogP contribution in [0, 0.1) is 5.92 Å². The molecule has 1 aromatic carbocycles. The maximum Gasteiger partial charge on any atom is 0.237 e. The molecule has 3 atom stereocenters. The van der Waals surface area contributed by atoms with E-state index in [-0.39, 0.29) is 18.0 Å². The van der Waals surface area contributed by atoms with Crippen LogP contribution in [0.25, 0.3) is 0 Å². The molecule has 0 radical (unpaired) electrons. The molecule has 1 aromatic rings. The van der Waals surface area contributed by atoms with Crippen molar-refractivity contribution in [2.45, 2.75) is 45.2 Å². The van der Waals surface area contributed by atoms with Gasteiger partial charge in [-0.05, 0) is 49.9 Å². The number of nitrogens with one attached hydrogen (secondary N) is 2. The van der Waals surface area contributed by atoms with E-state index in [2.05, 4.69) is 33.5 Å². The van der Waals surface area contributed by atoms with Crippen LogP contribution in [0.2, 0.25) is 0 Å². The van der Waals surface area contributed by atoms with Crippen LogP contribution < -0.4 is 10.6 Å². The second kappa shape index (κ2) is 7.23. The number of benzene rings is 1.